The van der Waals surface area contributed by atoms with Crippen molar-refractivity contribution in [2.24, 2.45) is 0 Å². The zero-order valence-corrected chi connectivity index (χ0v) is 6.10. The number of hydrogen-bond acceptors (Lipinski definition) is 2. The van der Waals surface area contributed by atoms with E-state index in [1.54, 1.807) is 0 Å². The van der Waals surface area contributed by atoms with Crippen LogP contribution in [0, 0.1) is 11.3 Å². The molecule has 1 fully saturated rings. The fraction of sp³-hybridized carbons (Fsp3) is 0.833. The molecule has 0 N–H and O–H groups in total. The minimum absolute atomic E-state index is 0.0486. The molecule has 1 saturated heterocycles. The molecule has 0 aromatic rings. The maximum atomic E-state index is 8.50. The SMILES string of the molecule is CN1C(Cl)CCC1C#N. The van der Waals surface area contributed by atoms with E-state index in [1.165, 1.54) is 0 Å². The number of alkyl halides is 1. The van der Waals surface area contributed by atoms with Crippen LogP contribution >= 0.6 is 11.6 Å². The van der Waals surface area contributed by atoms with Crippen LogP contribution < -0.4 is 0 Å². The lowest BCUT2D eigenvalue weighted by atomic mass is 10.2. The second-order valence-electron chi connectivity index (χ2n) is 2.32. The summed E-state index contributed by atoms with van der Waals surface area (Å²) < 4.78 is 0. The number of halogens is 1. The highest BCUT2D eigenvalue weighted by Crippen LogP contribution is 2.23. The van der Waals surface area contributed by atoms with Crippen LogP contribution in [0.1, 0.15) is 12.8 Å². The summed E-state index contributed by atoms with van der Waals surface area (Å²) in [6, 6.07) is 2.23. The molecule has 1 rings (SSSR count). The Hall–Kier alpha value is -0.260. The molecule has 3 heteroatoms. The smallest absolute Gasteiger partial charge is 0.0987 e. The Kier molecular flexibility index (Phi) is 1.94. The zero-order valence-electron chi connectivity index (χ0n) is 5.34. The summed E-state index contributed by atoms with van der Waals surface area (Å²) in [5.41, 5.74) is 0.0784. The summed E-state index contributed by atoms with van der Waals surface area (Å²) in [5.74, 6) is 0. The van der Waals surface area contributed by atoms with E-state index in [2.05, 4.69) is 6.07 Å². The molecule has 0 radical (unpaired) electrons. The quantitative estimate of drug-likeness (QED) is 0.377. The first-order valence-corrected chi connectivity index (χ1v) is 3.45. The molecule has 0 saturated carbocycles. The fourth-order valence-electron chi connectivity index (χ4n) is 1.05. The van der Waals surface area contributed by atoms with Gasteiger partial charge in [0, 0.05) is 0 Å². The van der Waals surface area contributed by atoms with E-state index in [4.69, 9.17) is 16.9 Å². The molecule has 0 aromatic carbocycles. The molecule has 0 aliphatic carbocycles. The van der Waals surface area contributed by atoms with Crippen LogP contribution in [0.2, 0.25) is 0 Å². The predicted octanol–water partition coefficient (Wildman–Crippen LogP) is 1.17. The van der Waals surface area contributed by atoms with Gasteiger partial charge in [-0.15, -0.1) is 11.6 Å². The van der Waals surface area contributed by atoms with Crippen LogP contribution in [-0.2, 0) is 0 Å². The molecule has 2 atom stereocenters. The van der Waals surface area contributed by atoms with Crippen molar-refractivity contribution in [1.82, 2.24) is 4.90 Å². The summed E-state index contributed by atoms with van der Waals surface area (Å²) in [4.78, 5) is 1.90. The van der Waals surface area contributed by atoms with Crippen LogP contribution in [0.5, 0.6) is 0 Å². The summed E-state index contributed by atoms with van der Waals surface area (Å²) >= 11 is 5.81. The molecular weight excluding hydrogens is 136 g/mol. The number of likely N-dealkylation sites (tertiary alicyclic amines) is 1. The van der Waals surface area contributed by atoms with E-state index in [-0.39, 0.29) is 11.5 Å². The highest BCUT2D eigenvalue weighted by atomic mass is 35.5. The first kappa shape index (κ1) is 6.85. The number of hydrogen-bond donors (Lipinski definition) is 0. The van der Waals surface area contributed by atoms with Crippen molar-refractivity contribution in [3.05, 3.63) is 0 Å². The van der Waals surface area contributed by atoms with Gasteiger partial charge in [-0.25, -0.2) is 0 Å². The van der Waals surface area contributed by atoms with E-state index >= 15 is 0 Å². The van der Waals surface area contributed by atoms with Gasteiger partial charge >= 0.3 is 0 Å². The van der Waals surface area contributed by atoms with Gasteiger partial charge in [-0.05, 0) is 19.9 Å². The molecule has 0 bridgehead atoms. The first-order valence-electron chi connectivity index (χ1n) is 3.01. The summed E-state index contributed by atoms with van der Waals surface area (Å²) in [7, 11) is 1.89. The van der Waals surface area contributed by atoms with Gasteiger partial charge in [-0.1, -0.05) is 0 Å². The Labute approximate surface area is 60.0 Å². The summed E-state index contributed by atoms with van der Waals surface area (Å²) in [6.07, 6.45) is 1.86. The van der Waals surface area contributed by atoms with Crippen molar-refractivity contribution in [2.75, 3.05) is 7.05 Å². The van der Waals surface area contributed by atoms with Gasteiger partial charge in [-0.3, -0.25) is 4.90 Å². The molecule has 0 amide bonds. The minimum Gasteiger partial charge on any atom is -0.275 e. The lowest BCUT2D eigenvalue weighted by Crippen LogP contribution is -2.27. The Bertz CT molecular complexity index is 140. The monoisotopic (exact) mass is 144 g/mol. The molecule has 2 nitrogen and oxygen atoms in total. The van der Waals surface area contributed by atoms with Crippen LogP contribution in [0.3, 0.4) is 0 Å². The van der Waals surface area contributed by atoms with Gasteiger partial charge in [0.15, 0.2) is 0 Å². The van der Waals surface area contributed by atoms with Crippen LogP contribution in [0.15, 0.2) is 0 Å². The van der Waals surface area contributed by atoms with E-state index in [0.29, 0.717) is 0 Å². The molecule has 1 heterocycles. The molecular formula is C6H9ClN2. The Balaban J connectivity index is 2.54. The minimum atomic E-state index is 0.0486. The average Bonchev–Trinajstić information content (AvgIpc) is 2.15. The van der Waals surface area contributed by atoms with Crippen molar-refractivity contribution in [3.63, 3.8) is 0 Å². The number of rotatable bonds is 0. The van der Waals surface area contributed by atoms with Gasteiger partial charge in [0.25, 0.3) is 0 Å². The number of nitrogens with zero attached hydrogens (tertiary/aromatic N) is 2. The molecule has 9 heavy (non-hydrogen) atoms. The summed E-state index contributed by atoms with van der Waals surface area (Å²) in [6.45, 7) is 0. The first-order chi connectivity index (χ1) is 4.25. The summed E-state index contributed by atoms with van der Waals surface area (Å²) in [5, 5.41) is 8.50. The molecule has 0 spiro atoms. The van der Waals surface area contributed by atoms with Crippen molar-refractivity contribution in [2.45, 2.75) is 24.4 Å². The van der Waals surface area contributed by atoms with Gasteiger partial charge < -0.3 is 0 Å². The molecule has 2 unspecified atom stereocenters. The van der Waals surface area contributed by atoms with E-state index in [1.807, 2.05) is 11.9 Å². The molecule has 50 valence electrons. The van der Waals surface area contributed by atoms with E-state index in [9.17, 15) is 0 Å². The topological polar surface area (TPSA) is 27.0 Å². The standard InChI is InChI=1S/C6H9ClN2/c1-9-5(4-8)2-3-6(9)7/h5-6H,2-3H2,1H3. The molecule has 1 aliphatic heterocycles. The normalized spacial score (nSPS) is 36.6. The fourth-order valence-corrected chi connectivity index (χ4v) is 1.32. The van der Waals surface area contributed by atoms with Crippen LogP contribution in [0.4, 0.5) is 0 Å². The highest BCUT2D eigenvalue weighted by Gasteiger charge is 2.27. The van der Waals surface area contributed by atoms with Crippen molar-refractivity contribution in [1.29, 1.82) is 5.26 Å². The lowest BCUT2D eigenvalue weighted by Gasteiger charge is -2.14. The maximum absolute atomic E-state index is 8.50. The van der Waals surface area contributed by atoms with Gasteiger partial charge in [0.1, 0.15) is 0 Å². The predicted molar refractivity (Wildman–Crippen MR) is 36.0 cm³/mol. The number of nitriles is 1. The molecule has 1 aliphatic rings. The Morgan fingerprint density at radius 3 is 2.56 bits per heavy atom. The lowest BCUT2D eigenvalue weighted by molar-refractivity contribution is 0.337. The highest BCUT2D eigenvalue weighted by molar-refractivity contribution is 6.20. The van der Waals surface area contributed by atoms with Crippen molar-refractivity contribution in [3.8, 4) is 6.07 Å². The second kappa shape index (κ2) is 2.55. The second-order valence-corrected chi connectivity index (χ2v) is 2.83. The largest absolute Gasteiger partial charge is 0.275 e. The van der Waals surface area contributed by atoms with Crippen LogP contribution in [0.25, 0.3) is 0 Å². The third kappa shape index (κ3) is 1.17. The molecule has 0 aromatic heterocycles. The van der Waals surface area contributed by atoms with Gasteiger partial charge in [-0.2, -0.15) is 5.26 Å². The van der Waals surface area contributed by atoms with E-state index in [0.717, 1.165) is 12.8 Å². The third-order valence-electron chi connectivity index (χ3n) is 1.76. The van der Waals surface area contributed by atoms with Crippen molar-refractivity contribution < 1.29 is 0 Å². The average molecular weight is 145 g/mol. The van der Waals surface area contributed by atoms with E-state index < -0.39 is 0 Å². The maximum Gasteiger partial charge on any atom is 0.0987 e. The Morgan fingerprint density at radius 2 is 2.33 bits per heavy atom. The zero-order chi connectivity index (χ0) is 6.85. The third-order valence-corrected chi connectivity index (χ3v) is 2.29. The van der Waals surface area contributed by atoms with Crippen LogP contribution in [-0.4, -0.2) is 23.5 Å². The van der Waals surface area contributed by atoms with Gasteiger partial charge in [0.05, 0.1) is 17.6 Å². The van der Waals surface area contributed by atoms with Gasteiger partial charge in [0.2, 0.25) is 0 Å². The van der Waals surface area contributed by atoms with Crippen molar-refractivity contribution >= 4 is 11.6 Å². The Morgan fingerprint density at radius 1 is 1.67 bits per heavy atom.